The Morgan fingerprint density at radius 2 is 1.76 bits per heavy atom. The van der Waals surface area contributed by atoms with E-state index in [1.807, 2.05) is 25.1 Å². The minimum atomic E-state index is -3.60. The molecule has 0 unspecified atom stereocenters. The Kier molecular flexibility index (Phi) is 5.00. The predicted octanol–water partition coefficient (Wildman–Crippen LogP) is 4.15. The zero-order valence-electron chi connectivity index (χ0n) is 15.9. The summed E-state index contributed by atoms with van der Waals surface area (Å²) in [6.07, 6.45) is 0.593. The SMILES string of the molecule is C[C@H](NC(=O)CCCN1c2cccc3cccc(c23)S1(=O)=O)c1ccc(F)cc1. The zero-order valence-corrected chi connectivity index (χ0v) is 16.7. The van der Waals surface area contributed by atoms with E-state index in [9.17, 15) is 17.6 Å². The summed E-state index contributed by atoms with van der Waals surface area (Å²) in [4.78, 5) is 12.6. The second kappa shape index (κ2) is 7.48. The number of carbonyl (C=O) groups excluding carboxylic acids is 1. The highest BCUT2D eigenvalue weighted by molar-refractivity contribution is 7.93. The summed E-state index contributed by atoms with van der Waals surface area (Å²) >= 11 is 0. The van der Waals surface area contributed by atoms with Gasteiger partial charge in [-0.2, -0.15) is 0 Å². The number of nitrogens with one attached hydrogen (secondary N) is 1. The number of nitrogens with zero attached hydrogens (tertiary/aromatic N) is 1. The molecule has 1 N–H and O–H groups in total. The third-order valence-corrected chi connectivity index (χ3v) is 7.05. The van der Waals surface area contributed by atoms with Crippen LogP contribution in [0, 0.1) is 5.82 Å². The molecule has 4 rings (SSSR count). The molecular formula is C22H21FN2O3S. The molecule has 1 atom stereocenters. The first-order chi connectivity index (χ1) is 13.9. The van der Waals surface area contributed by atoms with Gasteiger partial charge >= 0.3 is 0 Å². The molecule has 1 heterocycles. The minimum Gasteiger partial charge on any atom is -0.350 e. The molecule has 1 aliphatic heterocycles. The lowest BCUT2D eigenvalue weighted by Gasteiger charge is -2.19. The maximum atomic E-state index is 13.0. The van der Waals surface area contributed by atoms with Gasteiger partial charge in [0.25, 0.3) is 10.0 Å². The van der Waals surface area contributed by atoms with E-state index in [1.54, 1.807) is 30.3 Å². The van der Waals surface area contributed by atoms with Crippen LogP contribution >= 0.6 is 0 Å². The molecule has 0 spiro atoms. The lowest BCUT2D eigenvalue weighted by Crippen LogP contribution is -2.30. The summed E-state index contributed by atoms with van der Waals surface area (Å²) in [6.45, 7) is 2.06. The monoisotopic (exact) mass is 412 g/mol. The van der Waals surface area contributed by atoms with Gasteiger partial charge in [0.15, 0.2) is 0 Å². The molecule has 0 aliphatic carbocycles. The number of rotatable bonds is 6. The third kappa shape index (κ3) is 3.58. The summed E-state index contributed by atoms with van der Waals surface area (Å²) in [5, 5.41) is 4.50. The molecule has 0 bridgehead atoms. The number of hydrogen-bond acceptors (Lipinski definition) is 3. The molecule has 5 nitrogen and oxygen atoms in total. The van der Waals surface area contributed by atoms with E-state index < -0.39 is 10.0 Å². The molecule has 1 amide bonds. The molecule has 1 aliphatic rings. The van der Waals surface area contributed by atoms with Crippen LogP contribution in [0.15, 0.2) is 65.6 Å². The van der Waals surface area contributed by atoms with Gasteiger partial charge in [-0.15, -0.1) is 0 Å². The van der Waals surface area contributed by atoms with Crippen LogP contribution < -0.4 is 9.62 Å². The first kappa shape index (κ1) is 19.4. The van der Waals surface area contributed by atoms with Crippen molar-refractivity contribution >= 4 is 32.4 Å². The van der Waals surface area contributed by atoms with Crippen molar-refractivity contribution in [3.8, 4) is 0 Å². The number of halogens is 1. The fraction of sp³-hybridized carbons (Fsp3) is 0.227. The Morgan fingerprint density at radius 3 is 2.48 bits per heavy atom. The molecule has 29 heavy (non-hydrogen) atoms. The highest BCUT2D eigenvalue weighted by atomic mass is 32.2. The average molecular weight is 412 g/mol. The topological polar surface area (TPSA) is 66.5 Å². The molecule has 3 aromatic rings. The van der Waals surface area contributed by atoms with Crippen LogP contribution in [-0.2, 0) is 14.8 Å². The molecule has 0 saturated heterocycles. The summed E-state index contributed by atoms with van der Waals surface area (Å²) in [7, 11) is -3.60. The minimum absolute atomic E-state index is 0.172. The fourth-order valence-electron chi connectivity index (χ4n) is 3.73. The molecule has 0 saturated carbocycles. The Balaban J connectivity index is 1.40. The van der Waals surface area contributed by atoms with Gasteiger partial charge in [-0.1, -0.05) is 36.4 Å². The molecule has 0 radical (unpaired) electrons. The maximum Gasteiger partial charge on any atom is 0.265 e. The molecule has 7 heteroatoms. The first-order valence-corrected chi connectivity index (χ1v) is 10.9. The molecule has 0 aromatic heterocycles. The van der Waals surface area contributed by atoms with Gasteiger partial charge < -0.3 is 5.32 Å². The number of benzene rings is 3. The van der Waals surface area contributed by atoms with Crippen LogP contribution in [0.5, 0.6) is 0 Å². The third-order valence-electron chi connectivity index (χ3n) is 5.19. The molecule has 150 valence electrons. The Labute approximate surface area is 169 Å². The van der Waals surface area contributed by atoms with Gasteiger partial charge in [0, 0.05) is 18.4 Å². The maximum absolute atomic E-state index is 13.0. The van der Waals surface area contributed by atoms with E-state index in [-0.39, 0.29) is 30.7 Å². The quantitative estimate of drug-likeness (QED) is 0.662. The van der Waals surface area contributed by atoms with Crippen molar-refractivity contribution in [3.63, 3.8) is 0 Å². The number of hydrogen-bond donors (Lipinski definition) is 1. The van der Waals surface area contributed by atoms with Gasteiger partial charge in [-0.3, -0.25) is 9.10 Å². The van der Waals surface area contributed by atoms with Crippen LogP contribution in [0.2, 0.25) is 0 Å². The first-order valence-electron chi connectivity index (χ1n) is 9.47. The van der Waals surface area contributed by atoms with E-state index in [0.717, 1.165) is 16.3 Å². The average Bonchev–Trinajstić information content (AvgIpc) is 2.92. The van der Waals surface area contributed by atoms with Gasteiger partial charge in [-0.05, 0) is 48.6 Å². The lowest BCUT2D eigenvalue weighted by atomic mass is 10.1. The van der Waals surface area contributed by atoms with Crippen LogP contribution in [0.4, 0.5) is 10.1 Å². The van der Waals surface area contributed by atoms with Crippen LogP contribution in [-0.4, -0.2) is 20.9 Å². The van der Waals surface area contributed by atoms with Gasteiger partial charge in [-0.25, -0.2) is 12.8 Å². The zero-order chi connectivity index (χ0) is 20.6. The second-order valence-corrected chi connectivity index (χ2v) is 8.98. The number of amides is 1. The van der Waals surface area contributed by atoms with Gasteiger partial charge in [0.2, 0.25) is 5.91 Å². The summed E-state index contributed by atoms with van der Waals surface area (Å²) in [5.74, 6) is -0.496. The number of carbonyl (C=O) groups is 1. The van der Waals surface area contributed by atoms with Crippen LogP contribution in [0.1, 0.15) is 31.4 Å². The van der Waals surface area contributed by atoms with E-state index >= 15 is 0 Å². The van der Waals surface area contributed by atoms with Crippen LogP contribution in [0.3, 0.4) is 0 Å². The second-order valence-electron chi connectivity index (χ2n) is 7.15. The summed E-state index contributed by atoms with van der Waals surface area (Å²) < 4.78 is 40.3. The van der Waals surface area contributed by atoms with E-state index in [1.165, 1.54) is 16.4 Å². The predicted molar refractivity (Wildman–Crippen MR) is 111 cm³/mol. The summed E-state index contributed by atoms with van der Waals surface area (Å²) in [5.41, 5.74) is 1.47. The highest BCUT2D eigenvalue weighted by Gasteiger charge is 2.35. The lowest BCUT2D eigenvalue weighted by molar-refractivity contribution is -0.121. The molecular weight excluding hydrogens is 391 g/mol. The van der Waals surface area contributed by atoms with Crippen molar-refractivity contribution in [1.82, 2.24) is 5.32 Å². The fourth-order valence-corrected chi connectivity index (χ4v) is 5.48. The van der Waals surface area contributed by atoms with Gasteiger partial charge in [0.1, 0.15) is 5.82 Å². The largest absolute Gasteiger partial charge is 0.350 e. The number of anilines is 1. The van der Waals surface area contributed by atoms with Crippen LogP contribution in [0.25, 0.3) is 10.8 Å². The Bertz CT molecular complexity index is 1170. The number of sulfonamides is 1. The van der Waals surface area contributed by atoms with Crippen molar-refractivity contribution in [1.29, 1.82) is 0 Å². The molecule has 3 aromatic carbocycles. The Hall–Kier alpha value is -2.93. The van der Waals surface area contributed by atoms with Crippen molar-refractivity contribution in [3.05, 3.63) is 72.0 Å². The van der Waals surface area contributed by atoms with Gasteiger partial charge in [0.05, 0.1) is 16.6 Å². The summed E-state index contributed by atoms with van der Waals surface area (Å²) in [6, 6.07) is 16.5. The van der Waals surface area contributed by atoms with Crippen molar-refractivity contribution in [2.75, 3.05) is 10.8 Å². The van der Waals surface area contributed by atoms with Crippen molar-refractivity contribution in [2.24, 2.45) is 0 Å². The normalized spacial score (nSPS) is 15.4. The highest BCUT2D eigenvalue weighted by Crippen LogP contribution is 2.41. The Morgan fingerprint density at radius 1 is 1.07 bits per heavy atom. The standard InChI is InChI=1S/C22H21FN2O3S/c1-15(16-10-12-18(23)13-11-16)24-21(26)9-4-14-25-19-7-2-5-17-6-3-8-20(22(17)19)29(25,27)28/h2-3,5-8,10-13,15H,4,9,14H2,1H3,(H,24,26)/t15-/m0/s1. The van der Waals surface area contributed by atoms with Crippen molar-refractivity contribution in [2.45, 2.75) is 30.7 Å². The van der Waals surface area contributed by atoms with E-state index in [2.05, 4.69) is 5.32 Å². The van der Waals surface area contributed by atoms with Crippen molar-refractivity contribution < 1.29 is 17.6 Å². The smallest absolute Gasteiger partial charge is 0.265 e. The molecule has 0 fully saturated rings. The van der Waals surface area contributed by atoms with E-state index in [0.29, 0.717) is 17.0 Å². The van der Waals surface area contributed by atoms with E-state index in [4.69, 9.17) is 0 Å².